The Morgan fingerprint density at radius 1 is 1.32 bits per heavy atom. The first kappa shape index (κ1) is 15.3. The van der Waals surface area contributed by atoms with Crippen molar-refractivity contribution < 1.29 is 14.0 Å². The fraction of sp³-hybridized carbons (Fsp3) is 0.154. The highest BCUT2D eigenvalue weighted by Crippen LogP contribution is 2.13. The summed E-state index contributed by atoms with van der Waals surface area (Å²) in [7, 11) is 0. The lowest BCUT2D eigenvalue weighted by Crippen LogP contribution is -2.41. The smallest absolute Gasteiger partial charge is 0.321 e. The molecule has 0 saturated carbocycles. The van der Waals surface area contributed by atoms with Crippen molar-refractivity contribution in [2.24, 2.45) is 0 Å². The fourth-order valence-electron chi connectivity index (χ4n) is 1.53. The number of carbonyl (C=O) groups excluding carboxylic acids is 2. The Morgan fingerprint density at radius 2 is 2.05 bits per heavy atom. The largest absolute Gasteiger partial charge is 0.334 e. The number of benzene rings is 1. The van der Waals surface area contributed by atoms with E-state index in [1.54, 1.807) is 0 Å². The molecule has 0 bridgehead atoms. The highest BCUT2D eigenvalue weighted by atomic mass is 19.1. The van der Waals surface area contributed by atoms with Crippen molar-refractivity contribution in [1.82, 2.24) is 30.8 Å². The molecule has 0 fully saturated rings. The molecule has 2 rings (SSSR count). The molecule has 1 aromatic heterocycles. The van der Waals surface area contributed by atoms with Crippen LogP contribution in [0.15, 0.2) is 36.9 Å². The Labute approximate surface area is 125 Å². The number of aromatic nitrogens is 4. The molecular weight excluding hydrogens is 291 g/mol. The molecule has 0 unspecified atom stereocenters. The predicted molar refractivity (Wildman–Crippen MR) is 74.9 cm³/mol. The summed E-state index contributed by atoms with van der Waals surface area (Å²) in [6.07, 6.45) is 1.48. The predicted octanol–water partition coefficient (Wildman–Crippen LogP) is 0.491. The highest BCUT2D eigenvalue weighted by Gasteiger charge is 2.11. The molecule has 0 aliphatic heterocycles. The van der Waals surface area contributed by atoms with E-state index in [-0.39, 0.29) is 24.7 Å². The molecule has 3 amide bonds. The van der Waals surface area contributed by atoms with Gasteiger partial charge in [-0.3, -0.25) is 10.1 Å². The van der Waals surface area contributed by atoms with Crippen LogP contribution in [0.2, 0.25) is 0 Å². The van der Waals surface area contributed by atoms with E-state index < -0.39 is 11.9 Å². The van der Waals surface area contributed by atoms with Crippen molar-refractivity contribution in [3.63, 3.8) is 0 Å². The molecule has 1 heterocycles. The van der Waals surface area contributed by atoms with Gasteiger partial charge in [-0.05, 0) is 29.5 Å². The maximum atomic E-state index is 12.8. The summed E-state index contributed by atoms with van der Waals surface area (Å²) in [5.74, 6) is -0.713. The summed E-state index contributed by atoms with van der Waals surface area (Å²) in [6.45, 7) is 3.41. The van der Waals surface area contributed by atoms with Gasteiger partial charge in [-0.2, -0.15) is 4.80 Å². The van der Waals surface area contributed by atoms with Crippen molar-refractivity contribution in [3.8, 4) is 11.4 Å². The summed E-state index contributed by atoms with van der Waals surface area (Å²) in [4.78, 5) is 23.9. The highest BCUT2D eigenvalue weighted by molar-refractivity contribution is 5.94. The maximum absolute atomic E-state index is 12.8. The number of hydrogen-bond acceptors (Lipinski definition) is 5. The van der Waals surface area contributed by atoms with Gasteiger partial charge < -0.3 is 5.32 Å². The Morgan fingerprint density at radius 3 is 2.73 bits per heavy atom. The number of urea groups is 1. The zero-order chi connectivity index (χ0) is 15.9. The molecule has 0 radical (unpaired) electrons. The van der Waals surface area contributed by atoms with Crippen LogP contribution in [-0.4, -0.2) is 38.7 Å². The number of imide groups is 1. The molecule has 0 saturated heterocycles. The summed E-state index contributed by atoms with van der Waals surface area (Å²) in [5, 5.41) is 15.9. The summed E-state index contributed by atoms with van der Waals surface area (Å²) in [5.41, 5.74) is 0.566. The van der Waals surface area contributed by atoms with Crippen LogP contribution in [0.4, 0.5) is 9.18 Å². The second-order valence-electron chi connectivity index (χ2n) is 4.20. The van der Waals surface area contributed by atoms with Crippen LogP contribution in [0.1, 0.15) is 0 Å². The average Bonchev–Trinajstić information content (AvgIpc) is 2.94. The summed E-state index contributed by atoms with van der Waals surface area (Å²) in [6, 6.07) is 4.90. The summed E-state index contributed by atoms with van der Waals surface area (Å²) >= 11 is 0. The van der Waals surface area contributed by atoms with Crippen molar-refractivity contribution in [2.75, 3.05) is 6.54 Å². The van der Waals surface area contributed by atoms with E-state index in [9.17, 15) is 14.0 Å². The monoisotopic (exact) mass is 304 g/mol. The van der Waals surface area contributed by atoms with Gasteiger partial charge in [0.2, 0.25) is 5.82 Å². The first-order valence-corrected chi connectivity index (χ1v) is 6.31. The molecule has 22 heavy (non-hydrogen) atoms. The van der Waals surface area contributed by atoms with E-state index in [4.69, 9.17) is 0 Å². The van der Waals surface area contributed by atoms with Gasteiger partial charge in [0.1, 0.15) is 12.4 Å². The van der Waals surface area contributed by atoms with Gasteiger partial charge in [-0.25, -0.2) is 9.18 Å². The number of halogens is 1. The van der Waals surface area contributed by atoms with Crippen LogP contribution in [0.5, 0.6) is 0 Å². The first-order chi connectivity index (χ1) is 10.6. The minimum absolute atomic E-state index is 0.245. The number of hydrogen-bond donors (Lipinski definition) is 2. The Hall–Kier alpha value is -3.10. The van der Waals surface area contributed by atoms with E-state index >= 15 is 0 Å². The molecule has 0 spiro atoms. The first-order valence-electron chi connectivity index (χ1n) is 6.31. The number of carbonyl (C=O) groups is 2. The SMILES string of the molecule is C=CCNC(=O)NC(=O)Cn1nnc(-c2ccc(F)cc2)n1. The van der Waals surface area contributed by atoms with Gasteiger partial charge in [0.25, 0.3) is 5.91 Å². The average molecular weight is 304 g/mol. The van der Waals surface area contributed by atoms with E-state index in [0.717, 1.165) is 4.80 Å². The zero-order valence-corrected chi connectivity index (χ0v) is 11.5. The topological polar surface area (TPSA) is 102 Å². The Kier molecular flexibility index (Phi) is 4.91. The van der Waals surface area contributed by atoms with Crippen LogP contribution in [0.25, 0.3) is 11.4 Å². The lowest BCUT2D eigenvalue weighted by molar-refractivity contribution is -0.121. The molecular formula is C13H13FN6O2. The van der Waals surface area contributed by atoms with Crippen molar-refractivity contribution in [2.45, 2.75) is 6.54 Å². The normalized spacial score (nSPS) is 10.0. The van der Waals surface area contributed by atoms with E-state index in [1.165, 1.54) is 30.3 Å². The lowest BCUT2D eigenvalue weighted by atomic mass is 10.2. The Balaban J connectivity index is 1.94. The molecule has 9 heteroatoms. The number of rotatable bonds is 5. The molecule has 2 N–H and O–H groups in total. The molecule has 0 aliphatic rings. The van der Waals surface area contributed by atoms with E-state index in [0.29, 0.717) is 5.56 Å². The number of nitrogens with one attached hydrogen (secondary N) is 2. The second kappa shape index (κ2) is 7.07. The van der Waals surface area contributed by atoms with Crippen LogP contribution >= 0.6 is 0 Å². The van der Waals surface area contributed by atoms with Gasteiger partial charge in [-0.15, -0.1) is 16.8 Å². The third-order valence-corrected chi connectivity index (χ3v) is 2.50. The van der Waals surface area contributed by atoms with Crippen LogP contribution in [-0.2, 0) is 11.3 Å². The van der Waals surface area contributed by atoms with Crippen LogP contribution in [0, 0.1) is 5.82 Å². The van der Waals surface area contributed by atoms with Crippen molar-refractivity contribution in [1.29, 1.82) is 0 Å². The van der Waals surface area contributed by atoms with Crippen LogP contribution < -0.4 is 10.6 Å². The van der Waals surface area contributed by atoms with E-state index in [1.807, 2.05) is 0 Å². The summed E-state index contributed by atoms with van der Waals surface area (Å²) < 4.78 is 12.8. The molecule has 2 aromatic rings. The van der Waals surface area contributed by atoms with Crippen molar-refractivity contribution >= 4 is 11.9 Å². The second-order valence-corrected chi connectivity index (χ2v) is 4.20. The molecule has 114 valence electrons. The third kappa shape index (κ3) is 4.20. The Bertz CT molecular complexity index is 682. The standard InChI is InChI=1S/C13H13FN6O2/c1-2-7-15-13(22)16-11(21)8-20-18-12(17-19-20)9-3-5-10(14)6-4-9/h2-6H,1,7-8H2,(H2,15,16,21,22). The molecule has 8 nitrogen and oxygen atoms in total. The number of nitrogens with zero attached hydrogens (tertiary/aromatic N) is 4. The minimum Gasteiger partial charge on any atom is -0.334 e. The maximum Gasteiger partial charge on any atom is 0.321 e. The molecule has 0 atom stereocenters. The van der Waals surface area contributed by atoms with Gasteiger partial charge >= 0.3 is 6.03 Å². The van der Waals surface area contributed by atoms with Gasteiger partial charge in [-0.1, -0.05) is 6.08 Å². The molecule has 0 aliphatic carbocycles. The number of amides is 3. The van der Waals surface area contributed by atoms with Gasteiger partial charge in [0.15, 0.2) is 0 Å². The molecule has 1 aromatic carbocycles. The van der Waals surface area contributed by atoms with Crippen molar-refractivity contribution in [3.05, 3.63) is 42.7 Å². The zero-order valence-electron chi connectivity index (χ0n) is 11.5. The van der Waals surface area contributed by atoms with Crippen LogP contribution in [0.3, 0.4) is 0 Å². The third-order valence-electron chi connectivity index (χ3n) is 2.50. The minimum atomic E-state index is -0.635. The van der Waals surface area contributed by atoms with Gasteiger partial charge in [0, 0.05) is 12.1 Å². The quantitative estimate of drug-likeness (QED) is 0.783. The lowest BCUT2D eigenvalue weighted by Gasteiger charge is -2.03. The van der Waals surface area contributed by atoms with Gasteiger partial charge in [0.05, 0.1) is 0 Å². The number of tetrazole rings is 1. The van der Waals surface area contributed by atoms with E-state index in [2.05, 4.69) is 32.6 Å². The fourth-order valence-corrected chi connectivity index (χ4v) is 1.53.